The number of amides is 1. The van der Waals surface area contributed by atoms with Crippen LogP contribution in [0.5, 0.6) is 0 Å². The molecule has 1 atom stereocenters. The molecule has 5 heteroatoms. The Bertz CT molecular complexity index is 779. The zero-order valence-corrected chi connectivity index (χ0v) is 13.4. The molecule has 0 saturated heterocycles. The summed E-state index contributed by atoms with van der Waals surface area (Å²) in [5.41, 5.74) is 2.38. The molecule has 0 aliphatic heterocycles. The Morgan fingerprint density at radius 2 is 2.09 bits per heavy atom. The number of nitrogens with one attached hydrogen (secondary N) is 1. The Hall–Kier alpha value is -2.27. The second kappa shape index (κ2) is 6.23. The van der Waals surface area contributed by atoms with Gasteiger partial charge in [0.15, 0.2) is 0 Å². The molecule has 0 saturated carbocycles. The van der Waals surface area contributed by atoms with Crippen LogP contribution in [0.25, 0.3) is 10.2 Å². The Labute approximate surface area is 133 Å². The van der Waals surface area contributed by atoms with Crippen LogP contribution in [0.15, 0.2) is 42.6 Å². The van der Waals surface area contributed by atoms with E-state index in [0.717, 1.165) is 22.6 Å². The molecule has 0 fully saturated rings. The average Bonchev–Trinajstić information content (AvgIpc) is 2.89. The maximum Gasteiger partial charge on any atom is 0.253 e. The number of nitrogens with zero attached hydrogens (tertiary/aromatic N) is 2. The monoisotopic (exact) mass is 311 g/mol. The number of rotatable bonds is 4. The molecule has 3 rings (SSSR count). The highest BCUT2D eigenvalue weighted by Gasteiger charge is 2.14. The molecular formula is C17H17N3OS. The van der Waals surface area contributed by atoms with E-state index in [2.05, 4.69) is 21.4 Å². The minimum absolute atomic E-state index is 0.0210. The lowest BCUT2D eigenvalue weighted by Gasteiger charge is -2.13. The molecule has 2 heterocycles. The van der Waals surface area contributed by atoms with E-state index >= 15 is 0 Å². The number of aromatic nitrogens is 2. The SMILES string of the molecule is Cc1ncccc1C(=O)N[C@H](C)Cc1nc2ccccc2s1. The average molecular weight is 311 g/mol. The number of aryl methyl sites for hydroxylation is 1. The van der Waals surface area contributed by atoms with Gasteiger partial charge >= 0.3 is 0 Å². The molecule has 0 spiro atoms. The van der Waals surface area contributed by atoms with E-state index in [1.165, 1.54) is 4.70 Å². The molecule has 0 radical (unpaired) electrons. The van der Waals surface area contributed by atoms with Crippen LogP contribution < -0.4 is 5.32 Å². The lowest BCUT2D eigenvalue weighted by molar-refractivity contribution is 0.0939. The van der Waals surface area contributed by atoms with E-state index in [-0.39, 0.29) is 11.9 Å². The Morgan fingerprint density at radius 1 is 1.27 bits per heavy atom. The van der Waals surface area contributed by atoms with Crippen molar-refractivity contribution in [2.24, 2.45) is 0 Å². The van der Waals surface area contributed by atoms with Gasteiger partial charge in [-0.1, -0.05) is 12.1 Å². The number of pyridine rings is 1. The summed E-state index contributed by atoms with van der Waals surface area (Å²) in [7, 11) is 0. The lowest BCUT2D eigenvalue weighted by atomic mass is 10.1. The normalized spacial score (nSPS) is 12.3. The van der Waals surface area contributed by atoms with Crippen LogP contribution in [0.3, 0.4) is 0 Å². The maximum absolute atomic E-state index is 12.3. The summed E-state index contributed by atoms with van der Waals surface area (Å²) in [6.07, 6.45) is 2.42. The number of para-hydroxylation sites is 1. The Kier molecular flexibility index (Phi) is 4.15. The number of fused-ring (bicyclic) bond motifs is 1. The summed E-state index contributed by atoms with van der Waals surface area (Å²) in [6.45, 7) is 3.84. The second-order valence-electron chi connectivity index (χ2n) is 5.29. The van der Waals surface area contributed by atoms with Crippen molar-refractivity contribution in [2.75, 3.05) is 0 Å². The third-order valence-electron chi connectivity index (χ3n) is 3.45. The van der Waals surface area contributed by atoms with Gasteiger partial charge in [-0.15, -0.1) is 11.3 Å². The molecule has 1 N–H and O–H groups in total. The largest absolute Gasteiger partial charge is 0.349 e. The smallest absolute Gasteiger partial charge is 0.253 e. The van der Waals surface area contributed by atoms with E-state index in [1.807, 2.05) is 32.0 Å². The molecule has 0 unspecified atom stereocenters. The van der Waals surface area contributed by atoms with Crippen molar-refractivity contribution in [3.63, 3.8) is 0 Å². The summed E-state index contributed by atoms with van der Waals surface area (Å²) in [5.74, 6) is -0.0841. The molecule has 1 aromatic carbocycles. The molecule has 3 aromatic rings. The first-order valence-electron chi connectivity index (χ1n) is 7.20. The molecule has 0 aliphatic carbocycles. The Morgan fingerprint density at radius 3 is 2.86 bits per heavy atom. The summed E-state index contributed by atoms with van der Waals surface area (Å²) < 4.78 is 1.18. The van der Waals surface area contributed by atoms with Gasteiger partial charge in [-0.05, 0) is 38.1 Å². The van der Waals surface area contributed by atoms with Gasteiger partial charge in [0.1, 0.15) is 0 Å². The van der Waals surface area contributed by atoms with Crippen LogP contribution in [0.2, 0.25) is 0 Å². The molecule has 4 nitrogen and oxygen atoms in total. The molecular weight excluding hydrogens is 294 g/mol. The predicted molar refractivity (Wildman–Crippen MR) is 89.2 cm³/mol. The van der Waals surface area contributed by atoms with Gasteiger partial charge < -0.3 is 5.32 Å². The van der Waals surface area contributed by atoms with Gasteiger partial charge in [0.05, 0.1) is 20.8 Å². The first-order valence-corrected chi connectivity index (χ1v) is 8.02. The van der Waals surface area contributed by atoms with Gasteiger partial charge in [0.25, 0.3) is 5.91 Å². The third-order valence-corrected chi connectivity index (χ3v) is 4.51. The van der Waals surface area contributed by atoms with Crippen molar-refractivity contribution >= 4 is 27.5 Å². The van der Waals surface area contributed by atoms with Crippen molar-refractivity contribution in [2.45, 2.75) is 26.3 Å². The number of thiazole rings is 1. The van der Waals surface area contributed by atoms with Crippen LogP contribution >= 0.6 is 11.3 Å². The quantitative estimate of drug-likeness (QED) is 0.804. The van der Waals surface area contributed by atoms with Crippen molar-refractivity contribution in [1.29, 1.82) is 0 Å². The topological polar surface area (TPSA) is 54.9 Å². The molecule has 0 bridgehead atoms. The first-order chi connectivity index (χ1) is 10.6. The Balaban J connectivity index is 1.68. The summed E-state index contributed by atoms with van der Waals surface area (Å²) in [4.78, 5) is 21.0. The van der Waals surface area contributed by atoms with Crippen LogP contribution in [-0.4, -0.2) is 21.9 Å². The maximum atomic E-state index is 12.3. The minimum atomic E-state index is -0.0841. The van der Waals surface area contributed by atoms with Crippen molar-refractivity contribution in [3.05, 3.63) is 58.9 Å². The van der Waals surface area contributed by atoms with Gasteiger partial charge in [-0.25, -0.2) is 4.98 Å². The van der Waals surface area contributed by atoms with E-state index in [1.54, 1.807) is 29.7 Å². The highest BCUT2D eigenvalue weighted by molar-refractivity contribution is 7.18. The fraction of sp³-hybridized carbons (Fsp3) is 0.235. The number of benzene rings is 1. The molecule has 0 aliphatic rings. The van der Waals surface area contributed by atoms with E-state index in [4.69, 9.17) is 0 Å². The van der Waals surface area contributed by atoms with Crippen LogP contribution in [0.1, 0.15) is 28.0 Å². The predicted octanol–water partition coefficient (Wildman–Crippen LogP) is 3.36. The number of hydrogen-bond acceptors (Lipinski definition) is 4. The van der Waals surface area contributed by atoms with Crippen LogP contribution in [-0.2, 0) is 6.42 Å². The van der Waals surface area contributed by atoms with Gasteiger partial charge in [-0.2, -0.15) is 0 Å². The number of carbonyl (C=O) groups excluding carboxylic acids is 1. The third kappa shape index (κ3) is 3.14. The molecule has 112 valence electrons. The molecule has 1 amide bonds. The van der Waals surface area contributed by atoms with Crippen LogP contribution in [0, 0.1) is 6.92 Å². The highest BCUT2D eigenvalue weighted by Crippen LogP contribution is 2.22. The second-order valence-corrected chi connectivity index (χ2v) is 6.41. The summed E-state index contributed by atoms with van der Waals surface area (Å²) in [5, 5.41) is 4.06. The van der Waals surface area contributed by atoms with Crippen molar-refractivity contribution < 1.29 is 4.79 Å². The van der Waals surface area contributed by atoms with E-state index in [9.17, 15) is 4.79 Å². The molecule has 22 heavy (non-hydrogen) atoms. The lowest BCUT2D eigenvalue weighted by Crippen LogP contribution is -2.34. The number of carbonyl (C=O) groups is 1. The van der Waals surface area contributed by atoms with E-state index in [0.29, 0.717) is 5.56 Å². The first kappa shape index (κ1) is 14.7. The van der Waals surface area contributed by atoms with E-state index < -0.39 is 0 Å². The van der Waals surface area contributed by atoms with Crippen LogP contribution in [0.4, 0.5) is 0 Å². The van der Waals surface area contributed by atoms with Gasteiger partial charge in [0.2, 0.25) is 0 Å². The molecule has 2 aromatic heterocycles. The van der Waals surface area contributed by atoms with Gasteiger partial charge in [0, 0.05) is 24.4 Å². The minimum Gasteiger partial charge on any atom is -0.349 e. The zero-order chi connectivity index (χ0) is 15.5. The highest BCUT2D eigenvalue weighted by atomic mass is 32.1. The fourth-order valence-electron chi connectivity index (χ4n) is 2.35. The summed E-state index contributed by atoms with van der Waals surface area (Å²) in [6, 6.07) is 11.7. The van der Waals surface area contributed by atoms with Crippen molar-refractivity contribution in [1.82, 2.24) is 15.3 Å². The van der Waals surface area contributed by atoms with Gasteiger partial charge in [-0.3, -0.25) is 9.78 Å². The summed E-state index contributed by atoms with van der Waals surface area (Å²) >= 11 is 1.68. The standard InChI is InChI=1S/C17H17N3OS/c1-11(19-17(21)13-6-5-9-18-12(13)2)10-16-20-14-7-3-4-8-15(14)22-16/h3-9,11H,10H2,1-2H3,(H,19,21)/t11-/m1/s1. The van der Waals surface area contributed by atoms with Crippen molar-refractivity contribution in [3.8, 4) is 0 Å². The zero-order valence-electron chi connectivity index (χ0n) is 12.5. The number of hydrogen-bond donors (Lipinski definition) is 1. The fourth-order valence-corrected chi connectivity index (χ4v) is 3.44.